The predicted octanol–water partition coefficient (Wildman–Crippen LogP) is 0.156. The molecule has 0 aromatic heterocycles. The Morgan fingerprint density at radius 1 is 0.291 bits per heavy atom. The van der Waals surface area contributed by atoms with E-state index in [9.17, 15) is 0 Å². The molecule has 0 aliphatic carbocycles. The van der Waals surface area contributed by atoms with Crippen LogP contribution >= 0.6 is 0 Å². The molecule has 20 unspecified atom stereocenters. The van der Waals surface area contributed by atoms with Crippen molar-refractivity contribution in [3.05, 3.63) is 0 Å². The monoisotopic (exact) mass is 802 g/mol. The van der Waals surface area contributed by atoms with Crippen LogP contribution in [0.4, 0.5) is 0 Å². The SMILES string of the molecule is COCC1OC(OC2C(OC3C(C)OC(OC4C(C)OC(OC)C(OC)C4OC)C(OC)C3OC)OC(COC)C(OC)C2OC)C(OC)C(OC)C1OC. The molecule has 0 saturated carbocycles. The molecule has 4 saturated heterocycles. The molecule has 4 rings (SSSR count). The zero-order valence-electron chi connectivity index (χ0n) is 34.7. The van der Waals surface area contributed by atoms with Gasteiger partial charge in [-0.05, 0) is 13.8 Å². The predicted molar refractivity (Wildman–Crippen MR) is 189 cm³/mol. The highest BCUT2D eigenvalue weighted by atomic mass is 16.8. The minimum Gasteiger partial charge on any atom is -0.382 e. The van der Waals surface area contributed by atoms with Crippen molar-refractivity contribution in [1.29, 1.82) is 0 Å². The largest absolute Gasteiger partial charge is 0.382 e. The van der Waals surface area contributed by atoms with Gasteiger partial charge in [0, 0.05) is 85.3 Å². The molecule has 0 radical (unpaired) electrons. The molecule has 19 heteroatoms. The van der Waals surface area contributed by atoms with Crippen LogP contribution in [0.15, 0.2) is 0 Å². The van der Waals surface area contributed by atoms with E-state index in [2.05, 4.69) is 0 Å². The summed E-state index contributed by atoms with van der Waals surface area (Å²) in [7, 11) is 18.7. The summed E-state index contributed by atoms with van der Waals surface area (Å²) >= 11 is 0. The fourth-order valence-corrected chi connectivity index (χ4v) is 8.19. The molecule has 20 atom stereocenters. The summed E-state index contributed by atoms with van der Waals surface area (Å²) in [6, 6.07) is 0. The number of ether oxygens (including phenoxy) is 19. The first-order valence-corrected chi connectivity index (χ1v) is 18.4. The summed E-state index contributed by atoms with van der Waals surface area (Å²) in [4.78, 5) is 0. The van der Waals surface area contributed by atoms with Gasteiger partial charge in [0.25, 0.3) is 0 Å². The number of hydrogen-bond acceptors (Lipinski definition) is 19. The Kier molecular flexibility index (Phi) is 19.3. The molecule has 4 heterocycles. The van der Waals surface area contributed by atoms with Crippen LogP contribution in [-0.2, 0) is 90.0 Å². The van der Waals surface area contributed by atoms with E-state index in [0.29, 0.717) is 0 Å². The summed E-state index contributed by atoms with van der Waals surface area (Å²) in [5.74, 6) is 0. The van der Waals surface area contributed by atoms with Crippen LogP contribution < -0.4 is 0 Å². The van der Waals surface area contributed by atoms with Crippen LogP contribution in [0, 0.1) is 0 Å². The third-order valence-corrected chi connectivity index (χ3v) is 10.9. The molecule has 4 fully saturated rings. The Hall–Kier alpha value is -0.760. The Morgan fingerprint density at radius 2 is 0.582 bits per heavy atom. The van der Waals surface area contributed by atoms with Crippen molar-refractivity contribution < 1.29 is 90.0 Å². The summed E-state index contributed by atoms with van der Waals surface area (Å²) in [5.41, 5.74) is 0. The summed E-state index contributed by atoms with van der Waals surface area (Å²) in [6.07, 6.45) is -14.3. The molecule has 0 spiro atoms. The second kappa shape index (κ2) is 22.6. The molecule has 0 bridgehead atoms. The average Bonchev–Trinajstić information content (AvgIpc) is 3.19. The smallest absolute Gasteiger partial charge is 0.187 e. The highest BCUT2D eigenvalue weighted by molar-refractivity contribution is 4.99. The molecule has 0 aromatic carbocycles. The lowest BCUT2D eigenvalue weighted by atomic mass is 9.95. The quantitative estimate of drug-likeness (QED) is 0.163. The minimum absolute atomic E-state index is 0.165. The van der Waals surface area contributed by atoms with Crippen molar-refractivity contribution in [3.63, 3.8) is 0 Å². The highest BCUT2D eigenvalue weighted by Crippen LogP contribution is 2.38. The summed E-state index contributed by atoms with van der Waals surface area (Å²) < 4.78 is 116. The Bertz CT molecular complexity index is 1080. The maximum Gasteiger partial charge on any atom is 0.187 e. The van der Waals surface area contributed by atoms with Crippen molar-refractivity contribution in [1.82, 2.24) is 0 Å². The maximum absolute atomic E-state index is 6.85. The van der Waals surface area contributed by atoms with Crippen molar-refractivity contribution in [2.75, 3.05) is 98.5 Å². The van der Waals surface area contributed by atoms with Crippen LogP contribution in [0.2, 0.25) is 0 Å². The van der Waals surface area contributed by atoms with Gasteiger partial charge in [-0.3, -0.25) is 0 Å². The summed E-state index contributed by atoms with van der Waals surface area (Å²) in [5, 5.41) is 0. The number of methoxy groups -OCH3 is 12. The van der Waals surface area contributed by atoms with E-state index in [4.69, 9.17) is 90.0 Å². The van der Waals surface area contributed by atoms with Crippen molar-refractivity contribution in [3.8, 4) is 0 Å². The van der Waals surface area contributed by atoms with E-state index in [1.165, 1.54) is 0 Å². The zero-order chi connectivity index (χ0) is 40.4. The lowest BCUT2D eigenvalue weighted by Gasteiger charge is -2.51. The lowest BCUT2D eigenvalue weighted by Crippen LogP contribution is -2.68. The fourth-order valence-electron chi connectivity index (χ4n) is 8.19. The van der Waals surface area contributed by atoms with Crippen LogP contribution in [0.5, 0.6) is 0 Å². The standard InChI is InChI=1S/C36H66O19/c1-17-21(25(41-7)29(45-11)33(48-14)49-17)53-34-30(46-12)26(42-8)22(18(2)50-34)54-36-32(28(44-10)24(40-6)20(52-36)16-38-4)55-35-31(47-13)27(43-9)23(39-5)19(51-35)15-37-3/h17-36H,15-16H2,1-14H3. The lowest BCUT2D eigenvalue weighted by molar-refractivity contribution is -0.398. The van der Waals surface area contributed by atoms with Gasteiger partial charge >= 0.3 is 0 Å². The molecular weight excluding hydrogens is 736 g/mol. The summed E-state index contributed by atoms with van der Waals surface area (Å²) in [6.45, 7) is 4.07. The Morgan fingerprint density at radius 3 is 0.945 bits per heavy atom. The topological polar surface area (TPSA) is 175 Å². The van der Waals surface area contributed by atoms with Crippen molar-refractivity contribution in [2.24, 2.45) is 0 Å². The van der Waals surface area contributed by atoms with Crippen LogP contribution in [0.1, 0.15) is 13.8 Å². The van der Waals surface area contributed by atoms with E-state index in [1.807, 2.05) is 13.8 Å². The number of rotatable bonds is 20. The molecule has 4 aliphatic heterocycles. The van der Waals surface area contributed by atoms with Gasteiger partial charge in [-0.2, -0.15) is 0 Å². The van der Waals surface area contributed by atoms with Gasteiger partial charge in [0.05, 0.1) is 25.4 Å². The van der Waals surface area contributed by atoms with E-state index >= 15 is 0 Å². The second-order valence-corrected chi connectivity index (χ2v) is 13.8. The first-order valence-electron chi connectivity index (χ1n) is 18.4. The molecule has 55 heavy (non-hydrogen) atoms. The van der Waals surface area contributed by atoms with Crippen LogP contribution in [0.3, 0.4) is 0 Å². The molecule has 19 nitrogen and oxygen atoms in total. The highest BCUT2D eigenvalue weighted by Gasteiger charge is 2.57. The van der Waals surface area contributed by atoms with Gasteiger partial charge in [0.2, 0.25) is 0 Å². The normalized spacial score (nSPS) is 45.5. The van der Waals surface area contributed by atoms with Gasteiger partial charge in [-0.1, -0.05) is 0 Å². The molecule has 4 aliphatic rings. The van der Waals surface area contributed by atoms with Crippen LogP contribution in [-0.4, -0.2) is 221 Å². The third-order valence-electron chi connectivity index (χ3n) is 10.9. The Balaban J connectivity index is 1.65. The number of hydrogen-bond donors (Lipinski definition) is 0. The zero-order valence-corrected chi connectivity index (χ0v) is 34.7. The van der Waals surface area contributed by atoms with Gasteiger partial charge in [0.1, 0.15) is 85.5 Å². The second-order valence-electron chi connectivity index (χ2n) is 13.8. The van der Waals surface area contributed by atoms with E-state index < -0.39 is 123 Å². The third kappa shape index (κ3) is 10.2. The Labute approximate surface area is 325 Å². The molecular formula is C36H66O19. The van der Waals surface area contributed by atoms with Gasteiger partial charge in [-0.15, -0.1) is 0 Å². The van der Waals surface area contributed by atoms with E-state index in [-0.39, 0.29) is 13.2 Å². The van der Waals surface area contributed by atoms with Gasteiger partial charge in [-0.25, -0.2) is 0 Å². The van der Waals surface area contributed by atoms with E-state index in [1.54, 1.807) is 85.3 Å². The fraction of sp³-hybridized carbons (Fsp3) is 1.00. The first kappa shape index (κ1) is 46.9. The molecule has 324 valence electrons. The van der Waals surface area contributed by atoms with Crippen LogP contribution in [0.25, 0.3) is 0 Å². The maximum atomic E-state index is 6.85. The van der Waals surface area contributed by atoms with Crippen molar-refractivity contribution >= 4 is 0 Å². The molecule has 0 amide bonds. The molecule has 0 aromatic rings. The average molecular weight is 803 g/mol. The van der Waals surface area contributed by atoms with Crippen molar-refractivity contribution in [2.45, 2.75) is 137 Å². The molecule has 0 N–H and O–H groups in total. The van der Waals surface area contributed by atoms with Gasteiger partial charge in [0.15, 0.2) is 25.2 Å². The van der Waals surface area contributed by atoms with E-state index in [0.717, 1.165) is 0 Å². The first-order chi connectivity index (χ1) is 26.6. The van der Waals surface area contributed by atoms with Gasteiger partial charge < -0.3 is 90.0 Å². The minimum atomic E-state index is -1.11.